The second kappa shape index (κ2) is 5.48. The third kappa shape index (κ3) is 5.83. The number of Topliss-reactive ketones (excluding diaryl/α,β-unsaturated/α-hetero) is 1. The summed E-state index contributed by atoms with van der Waals surface area (Å²) in [6, 6.07) is 0. The lowest BCUT2D eigenvalue weighted by atomic mass is 10.1. The Kier molecular flexibility index (Phi) is 5.32. The van der Waals surface area contributed by atoms with Crippen LogP contribution in [-0.4, -0.2) is 5.78 Å². The van der Waals surface area contributed by atoms with E-state index in [2.05, 4.69) is 0 Å². The van der Waals surface area contributed by atoms with Crippen molar-refractivity contribution in [3.05, 3.63) is 11.6 Å². The lowest BCUT2D eigenvalue weighted by molar-refractivity contribution is -0.118. The molecule has 0 unspecified atom stereocenters. The number of carbonyl (C=O) groups excluding carboxylic acids is 1. The van der Waals surface area contributed by atoms with Gasteiger partial charge in [-0.2, -0.15) is 0 Å². The van der Waals surface area contributed by atoms with Gasteiger partial charge in [-0.15, -0.1) is 0 Å². The highest BCUT2D eigenvalue weighted by atomic mass is 35.5. The van der Waals surface area contributed by atoms with E-state index in [1.54, 1.807) is 6.08 Å². The molecule has 0 N–H and O–H groups in total. The summed E-state index contributed by atoms with van der Waals surface area (Å²) in [4.78, 5) is 10.9. The Balaban J connectivity index is 3.44. The minimum absolute atomic E-state index is 0.256. The van der Waals surface area contributed by atoms with Crippen LogP contribution in [0.4, 0.5) is 0 Å². The Morgan fingerprint density at radius 3 is 2.60 bits per heavy atom. The monoisotopic (exact) mass is 160 g/mol. The van der Waals surface area contributed by atoms with Gasteiger partial charge >= 0.3 is 0 Å². The molecule has 0 atom stereocenters. The van der Waals surface area contributed by atoms with Crippen LogP contribution in [0.3, 0.4) is 0 Å². The van der Waals surface area contributed by atoms with Crippen LogP contribution in [0.5, 0.6) is 0 Å². The smallest absolute Gasteiger partial charge is 0.136 e. The van der Waals surface area contributed by atoms with E-state index < -0.39 is 0 Å². The molecule has 0 rings (SSSR count). The van der Waals surface area contributed by atoms with Gasteiger partial charge in [-0.25, -0.2) is 0 Å². The Morgan fingerprint density at radius 2 is 2.20 bits per heavy atom. The van der Waals surface area contributed by atoms with Gasteiger partial charge in [0.1, 0.15) is 5.78 Å². The standard InChI is InChI=1S/C8H13ClO/c1-7(2)6-8(10)4-3-5-9/h3,5,7H,4,6H2,1-2H3/b5-3+. The summed E-state index contributed by atoms with van der Waals surface area (Å²) in [6.45, 7) is 4.06. The summed E-state index contributed by atoms with van der Waals surface area (Å²) in [5, 5.41) is 0. The van der Waals surface area contributed by atoms with Crippen LogP contribution in [0.2, 0.25) is 0 Å². The van der Waals surface area contributed by atoms with Gasteiger partial charge in [0.05, 0.1) is 0 Å². The average Bonchev–Trinajstić information content (AvgIpc) is 1.82. The van der Waals surface area contributed by atoms with Crippen molar-refractivity contribution in [3.8, 4) is 0 Å². The molecule has 0 radical (unpaired) electrons. The summed E-state index contributed by atoms with van der Waals surface area (Å²) in [7, 11) is 0. The fraction of sp³-hybridized carbons (Fsp3) is 0.625. The summed E-state index contributed by atoms with van der Waals surface area (Å²) >= 11 is 5.25. The van der Waals surface area contributed by atoms with Crippen LogP contribution in [-0.2, 0) is 4.79 Å². The SMILES string of the molecule is CC(C)CC(=O)C/C=C/Cl. The Bertz CT molecular complexity index is 127. The molecule has 0 spiro atoms. The average molecular weight is 161 g/mol. The Hall–Kier alpha value is -0.300. The molecule has 0 aliphatic carbocycles. The number of ketones is 1. The molecule has 0 aliphatic heterocycles. The molecule has 0 aromatic rings. The molecule has 0 saturated heterocycles. The highest BCUT2D eigenvalue weighted by Crippen LogP contribution is 2.02. The van der Waals surface area contributed by atoms with E-state index in [9.17, 15) is 4.79 Å². The third-order valence-electron chi connectivity index (χ3n) is 1.07. The number of hydrogen-bond acceptors (Lipinski definition) is 1. The van der Waals surface area contributed by atoms with E-state index in [-0.39, 0.29) is 5.78 Å². The molecule has 0 aromatic heterocycles. The van der Waals surface area contributed by atoms with E-state index in [4.69, 9.17) is 11.6 Å². The fourth-order valence-electron chi connectivity index (χ4n) is 0.715. The van der Waals surface area contributed by atoms with E-state index in [0.29, 0.717) is 18.8 Å². The van der Waals surface area contributed by atoms with Crippen LogP contribution in [0.25, 0.3) is 0 Å². The second-order valence-corrected chi connectivity index (χ2v) is 2.95. The first-order valence-corrected chi connectivity index (χ1v) is 3.87. The highest BCUT2D eigenvalue weighted by Gasteiger charge is 2.01. The van der Waals surface area contributed by atoms with E-state index in [1.807, 2.05) is 13.8 Å². The number of rotatable bonds is 4. The number of carbonyl (C=O) groups is 1. The number of halogens is 1. The van der Waals surface area contributed by atoms with E-state index >= 15 is 0 Å². The van der Waals surface area contributed by atoms with Gasteiger partial charge in [-0.05, 0) is 5.92 Å². The normalized spacial score (nSPS) is 11.2. The minimum Gasteiger partial charge on any atom is -0.299 e. The first-order chi connectivity index (χ1) is 4.66. The predicted molar refractivity (Wildman–Crippen MR) is 44.1 cm³/mol. The van der Waals surface area contributed by atoms with Gasteiger partial charge in [0.25, 0.3) is 0 Å². The summed E-state index contributed by atoms with van der Waals surface area (Å²) in [5.74, 6) is 0.711. The van der Waals surface area contributed by atoms with Crippen molar-refractivity contribution >= 4 is 17.4 Å². The molecule has 2 heteroatoms. The van der Waals surface area contributed by atoms with Crippen molar-refractivity contribution in [2.24, 2.45) is 5.92 Å². The third-order valence-corrected chi connectivity index (χ3v) is 1.25. The van der Waals surface area contributed by atoms with Crippen molar-refractivity contribution in [1.29, 1.82) is 0 Å². The number of allylic oxidation sites excluding steroid dienone is 1. The Morgan fingerprint density at radius 1 is 1.60 bits per heavy atom. The molecule has 0 fully saturated rings. The van der Waals surface area contributed by atoms with Gasteiger partial charge in [0, 0.05) is 18.4 Å². The minimum atomic E-state index is 0.256. The van der Waals surface area contributed by atoms with Crippen molar-refractivity contribution in [3.63, 3.8) is 0 Å². The van der Waals surface area contributed by atoms with E-state index in [0.717, 1.165) is 0 Å². The Labute approximate surface area is 67.1 Å². The molecule has 0 bridgehead atoms. The first kappa shape index (κ1) is 9.70. The number of hydrogen-bond donors (Lipinski definition) is 0. The molecule has 0 aliphatic rings. The predicted octanol–water partition coefficient (Wildman–Crippen LogP) is 2.74. The summed E-state index contributed by atoms with van der Waals surface area (Å²) in [6.07, 6.45) is 2.80. The van der Waals surface area contributed by atoms with Crippen molar-refractivity contribution in [2.45, 2.75) is 26.7 Å². The van der Waals surface area contributed by atoms with Crippen LogP contribution < -0.4 is 0 Å². The van der Waals surface area contributed by atoms with Gasteiger partial charge in [-0.3, -0.25) is 4.79 Å². The van der Waals surface area contributed by atoms with Crippen molar-refractivity contribution in [2.75, 3.05) is 0 Å². The van der Waals surface area contributed by atoms with Crippen LogP contribution >= 0.6 is 11.6 Å². The molecule has 58 valence electrons. The lowest BCUT2D eigenvalue weighted by Gasteiger charge is -1.99. The van der Waals surface area contributed by atoms with Gasteiger partial charge < -0.3 is 0 Å². The molecule has 0 amide bonds. The van der Waals surface area contributed by atoms with Crippen molar-refractivity contribution in [1.82, 2.24) is 0 Å². The topological polar surface area (TPSA) is 17.1 Å². The highest BCUT2D eigenvalue weighted by molar-refractivity contribution is 6.25. The molecule has 0 heterocycles. The van der Waals surface area contributed by atoms with Crippen molar-refractivity contribution < 1.29 is 4.79 Å². The fourth-order valence-corrected chi connectivity index (χ4v) is 0.804. The zero-order valence-electron chi connectivity index (χ0n) is 6.43. The van der Waals surface area contributed by atoms with Gasteiger partial charge in [0.15, 0.2) is 0 Å². The van der Waals surface area contributed by atoms with Gasteiger partial charge in [-0.1, -0.05) is 31.5 Å². The molecule has 0 aromatic carbocycles. The molecule has 10 heavy (non-hydrogen) atoms. The van der Waals surface area contributed by atoms with E-state index in [1.165, 1.54) is 5.54 Å². The summed E-state index contributed by atoms with van der Waals surface area (Å²) in [5.41, 5.74) is 1.39. The van der Waals surface area contributed by atoms with Crippen LogP contribution in [0, 0.1) is 5.92 Å². The molecular formula is C8H13ClO. The van der Waals surface area contributed by atoms with Gasteiger partial charge in [0.2, 0.25) is 0 Å². The largest absolute Gasteiger partial charge is 0.299 e. The molecule has 0 saturated carbocycles. The van der Waals surface area contributed by atoms with Crippen LogP contribution in [0.1, 0.15) is 26.7 Å². The lowest BCUT2D eigenvalue weighted by Crippen LogP contribution is -2.00. The maximum absolute atomic E-state index is 10.9. The first-order valence-electron chi connectivity index (χ1n) is 3.43. The van der Waals surface area contributed by atoms with Crippen LogP contribution in [0.15, 0.2) is 11.6 Å². The summed E-state index contributed by atoms with van der Waals surface area (Å²) < 4.78 is 0. The molecule has 1 nitrogen and oxygen atoms in total. The maximum atomic E-state index is 10.9. The maximum Gasteiger partial charge on any atom is 0.136 e. The second-order valence-electron chi connectivity index (χ2n) is 2.70. The zero-order chi connectivity index (χ0) is 7.98. The zero-order valence-corrected chi connectivity index (χ0v) is 7.19. The molecular weight excluding hydrogens is 148 g/mol. The quantitative estimate of drug-likeness (QED) is 0.618.